The summed E-state index contributed by atoms with van der Waals surface area (Å²) in [6.45, 7) is 0.812. The predicted molar refractivity (Wildman–Crippen MR) is 71.3 cm³/mol. The Morgan fingerprint density at radius 2 is 2.27 bits per heavy atom. The van der Waals surface area contributed by atoms with Crippen molar-refractivity contribution in [3.63, 3.8) is 0 Å². The highest BCUT2D eigenvalue weighted by molar-refractivity contribution is 9.11. The predicted octanol–water partition coefficient (Wildman–Crippen LogP) is 4.28. The highest BCUT2D eigenvalue weighted by Gasteiger charge is 2.00. The van der Waals surface area contributed by atoms with Crippen molar-refractivity contribution in [3.05, 3.63) is 43.7 Å². The molecule has 0 fully saturated rings. The van der Waals surface area contributed by atoms with Gasteiger partial charge in [-0.15, -0.1) is 11.3 Å². The average molecular weight is 348 g/mol. The summed E-state index contributed by atoms with van der Waals surface area (Å²) >= 11 is 8.53. The number of nitrogens with one attached hydrogen (secondary N) is 1. The zero-order chi connectivity index (χ0) is 10.7. The number of thiophene rings is 1. The van der Waals surface area contributed by atoms with Crippen molar-refractivity contribution in [1.29, 1.82) is 0 Å². The van der Waals surface area contributed by atoms with Crippen molar-refractivity contribution in [1.82, 2.24) is 4.98 Å². The van der Waals surface area contributed by atoms with E-state index in [0.29, 0.717) is 0 Å². The highest BCUT2D eigenvalue weighted by Crippen LogP contribution is 2.23. The van der Waals surface area contributed by atoms with Crippen molar-refractivity contribution >= 4 is 48.9 Å². The molecule has 0 aliphatic rings. The van der Waals surface area contributed by atoms with Gasteiger partial charge in [-0.3, -0.25) is 0 Å². The van der Waals surface area contributed by atoms with Gasteiger partial charge >= 0.3 is 0 Å². The first-order chi connectivity index (χ1) is 7.25. The number of rotatable bonds is 3. The SMILES string of the molecule is Brc1cc(CNc2cccnc2Br)cs1. The summed E-state index contributed by atoms with van der Waals surface area (Å²) in [7, 11) is 0. The van der Waals surface area contributed by atoms with E-state index >= 15 is 0 Å². The summed E-state index contributed by atoms with van der Waals surface area (Å²) < 4.78 is 2.00. The molecule has 0 amide bonds. The van der Waals surface area contributed by atoms with E-state index in [9.17, 15) is 0 Å². The first-order valence-electron chi connectivity index (χ1n) is 4.33. The van der Waals surface area contributed by atoms with Gasteiger partial charge in [0.15, 0.2) is 0 Å². The Hall–Kier alpha value is -0.390. The Morgan fingerprint density at radius 3 is 2.93 bits per heavy atom. The maximum absolute atomic E-state index is 4.14. The Balaban J connectivity index is 2.02. The Bertz CT molecular complexity index is 456. The van der Waals surface area contributed by atoms with Gasteiger partial charge in [0.1, 0.15) is 4.60 Å². The standard InChI is InChI=1S/C10H8Br2N2S/c11-9-4-7(6-15-9)5-14-8-2-1-3-13-10(8)12/h1-4,6,14H,5H2. The molecule has 0 saturated carbocycles. The van der Waals surface area contributed by atoms with Gasteiger partial charge in [-0.05, 0) is 61.0 Å². The lowest BCUT2D eigenvalue weighted by Gasteiger charge is -2.05. The van der Waals surface area contributed by atoms with Gasteiger partial charge < -0.3 is 5.32 Å². The normalized spacial score (nSPS) is 10.3. The number of nitrogens with zero attached hydrogens (tertiary/aromatic N) is 1. The number of anilines is 1. The van der Waals surface area contributed by atoms with Gasteiger partial charge in [-0.1, -0.05) is 0 Å². The summed E-state index contributed by atoms with van der Waals surface area (Å²) in [5.74, 6) is 0. The van der Waals surface area contributed by atoms with Crippen LogP contribution in [0.15, 0.2) is 38.2 Å². The summed E-state index contributed by atoms with van der Waals surface area (Å²) in [6, 6.07) is 6.02. The lowest BCUT2D eigenvalue weighted by atomic mass is 10.3. The summed E-state index contributed by atoms with van der Waals surface area (Å²) in [5, 5.41) is 5.45. The van der Waals surface area contributed by atoms with Gasteiger partial charge in [0.05, 0.1) is 9.47 Å². The molecular formula is C10H8Br2N2S. The number of halogens is 2. The van der Waals surface area contributed by atoms with Crippen LogP contribution in [0.4, 0.5) is 5.69 Å². The molecule has 0 saturated heterocycles. The molecule has 2 rings (SSSR count). The maximum Gasteiger partial charge on any atom is 0.129 e. The van der Waals surface area contributed by atoms with E-state index in [1.165, 1.54) is 5.56 Å². The molecule has 78 valence electrons. The van der Waals surface area contributed by atoms with Crippen molar-refractivity contribution in [2.45, 2.75) is 6.54 Å². The minimum atomic E-state index is 0.812. The Kier molecular flexibility index (Phi) is 3.77. The fourth-order valence-corrected chi connectivity index (χ4v) is 2.75. The van der Waals surface area contributed by atoms with Gasteiger partial charge in [0.25, 0.3) is 0 Å². The number of hydrogen-bond acceptors (Lipinski definition) is 3. The summed E-state index contributed by atoms with van der Waals surface area (Å²) in [4.78, 5) is 4.14. The molecule has 0 spiro atoms. The van der Waals surface area contributed by atoms with Crippen molar-refractivity contribution < 1.29 is 0 Å². The van der Waals surface area contributed by atoms with Crippen LogP contribution >= 0.6 is 43.2 Å². The molecular weight excluding hydrogens is 340 g/mol. The second-order valence-electron chi connectivity index (χ2n) is 2.95. The van der Waals surface area contributed by atoms with Crippen LogP contribution in [0.2, 0.25) is 0 Å². The zero-order valence-electron chi connectivity index (χ0n) is 7.71. The molecule has 2 heterocycles. The van der Waals surface area contributed by atoms with Crippen LogP contribution < -0.4 is 5.32 Å². The van der Waals surface area contributed by atoms with Gasteiger partial charge in [0.2, 0.25) is 0 Å². The largest absolute Gasteiger partial charge is 0.379 e. The topological polar surface area (TPSA) is 24.9 Å². The molecule has 2 aromatic rings. The van der Waals surface area contributed by atoms with Crippen molar-refractivity contribution in [2.24, 2.45) is 0 Å². The third-order valence-electron chi connectivity index (χ3n) is 1.86. The quantitative estimate of drug-likeness (QED) is 0.838. The smallest absolute Gasteiger partial charge is 0.129 e. The first kappa shape index (κ1) is 11.1. The first-order valence-corrected chi connectivity index (χ1v) is 6.79. The van der Waals surface area contributed by atoms with Crippen LogP contribution in [0.5, 0.6) is 0 Å². The molecule has 0 bridgehead atoms. The second kappa shape index (κ2) is 5.09. The maximum atomic E-state index is 4.14. The van der Waals surface area contributed by atoms with E-state index in [2.05, 4.69) is 53.6 Å². The summed E-state index contributed by atoms with van der Waals surface area (Å²) in [6.07, 6.45) is 1.76. The van der Waals surface area contributed by atoms with Gasteiger partial charge in [0, 0.05) is 12.7 Å². The molecule has 0 radical (unpaired) electrons. The third kappa shape index (κ3) is 3.03. The minimum absolute atomic E-state index is 0.812. The number of aromatic nitrogens is 1. The van der Waals surface area contributed by atoms with Crippen molar-refractivity contribution in [3.8, 4) is 0 Å². The minimum Gasteiger partial charge on any atom is -0.379 e. The molecule has 1 N–H and O–H groups in total. The van der Waals surface area contributed by atoms with Crippen LogP contribution in [0.3, 0.4) is 0 Å². The number of pyridine rings is 1. The van der Waals surface area contributed by atoms with E-state index in [4.69, 9.17) is 0 Å². The molecule has 2 nitrogen and oxygen atoms in total. The molecule has 0 unspecified atom stereocenters. The lowest BCUT2D eigenvalue weighted by molar-refractivity contribution is 1.14. The summed E-state index contributed by atoms with van der Waals surface area (Å²) in [5.41, 5.74) is 2.28. The van der Waals surface area contributed by atoms with Crippen LogP contribution in [0.25, 0.3) is 0 Å². The molecule has 0 aliphatic heterocycles. The highest BCUT2D eigenvalue weighted by atomic mass is 79.9. The second-order valence-corrected chi connectivity index (χ2v) is 6.00. The van der Waals surface area contributed by atoms with Crippen LogP contribution in [-0.2, 0) is 6.54 Å². The molecule has 15 heavy (non-hydrogen) atoms. The zero-order valence-corrected chi connectivity index (χ0v) is 11.7. The van der Waals surface area contributed by atoms with Crippen LogP contribution in [-0.4, -0.2) is 4.98 Å². The molecule has 5 heteroatoms. The molecule has 0 atom stereocenters. The Labute approximate surface area is 109 Å². The van der Waals surface area contributed by atoms with Crippen LogP contribution in [0.1, 0.15) is 5.56 Å². The van der Waals surface area contributed by atoms with E-state index in [1.807, 2.05) is 12.1 Å². The van der Waals surface area contributed by atoms with Gasteiger partial charge in [-0.2, -0.15) is 0 Å². The van der Waals surface area contributed by atoms with E-state index in [1.54, 1.807) is 17.5 Å². The van der Waals surface area contributed by atoms with Gasteiger partial charge in [-0.25, -0.2) is 4.98 Å². The van der Waals surface area contributed by atoms with E-state index in [-0.39, 0.29) is 0 Å². The number of hydrogen-bond donors (Lipinski definition) is 1. The van der Waals surface area contributed by atoms with E-state index < -0.39 is 0 Å². The Morgan fingerprint density at radius 1 is 1.40 bits per heavy atom. The fraction of sp³-hybridized carbons (Fsp3) is 0.100. The van der Waals surface area contributed by atoms with E-state index in [0.717, 1.165) is 20.6 Å². The molecule has 0 aliphatic carbocycles. The third-order valence-corrected chi connectivity index (χ3v) is 4.05. The fourth-order valence-electron chi connectivity index (χ4n) is 1.15. The molecule has 2 aromatic heterocycles. The molecule has 0 aromatic carbocycles. The monoisotopic (exact) mass is 346 g/mol. The lowest BCUT2D eigenvalue weighted by Crippen LogP contribution is -1.99. The van der Waals surface area contributed by atoms with Crippen LogP contribution in [0, 0.1) is 0 Å². The van der Waals surface area contributed by atoms with Crippen molar-refractivity contribution in [2.75, 3.05) is 5.32 Å². The average Bonchev–Trinajstić information content (AvgIpc) is 2.63.